The number of halogens is 2. The van der Waals surface area contributed by atoms with E-state index in [1.807, 2.05) is 0 Å². The fraction of sp³-hybridized carbons (Fsp3) is 0.611. The van der Waals surface area contributed by atoms with Gasteiger partial charge in [-0.15, -0.1) is 0 Å². The molecule has 6 nitrogen and oxygen atoms in total. The molecule has 0 spiro atoms. The van der Waals surface area contributed by atoms with E-state index in [0.717, 1.165) is 0 Å². The van der Waals surface area contributed by atoms with Crippen molar-refractivity contribution in [1.29, 1.82) is 0 Å². The highest BCUT2D eigenvalue weighted by Crippen LogP contribution is 2.25. The average molecular weight is 421 g/mol. The molecule has 1 aromatic rings. The molecule has 0 radical (unpaired) electrons. The number of nitrogens with zero attached hydrogens (tertiary/aromatic N) is 2. The first-order valence-corrected chi connectivity index (χ1v) is 10.8. The summed E-state index contributed by atoms with van der Waals surface area (Å²) >= 11 is 5.96. The fourth-order valence-corrected chi connectivity index (χ4v) is 4.72. The van der Waals surface area contributed by atoms with Gasteiger partial charge in [0.05, 0.1) is 5.75 Å². The van der Waals surface area contributed by atoms with Crippen molar-refractivity contribution in [3.63, 3.8) is 0 Å². The highest BCUT2D eigenvalue weighted by molar-refractivity contribution is 7.88. The van der Waals surface area contributed by atoms with Crippen LogP contribution in [0.3, 0.4) is 0 Å². The van der Waals surface area contributed by atoms with Crippen LogP contribution in [-0.2, 0) is 20.5 Å². The van der Waals surface area contributed by atoms with Gasteiger partial charge >= 0.3 is 6.09 Å². The van der Waals surface area contributed by atoms with E-state index < -0.39 is 39.3 Å². The van der Waals surface area contributed by atoms with Crippen LogP contribution < -0.4 is 0 Å². The van der Waals surface area contributed by atoms with E-state index in [-0.39, 0.29) is 17.1 Å². The molecule has 0 aliphatic carbocycles. The number of carbonyl (C=O) groups excluding carboxylic acids is 1. The first-order chi connectivity index (χ1) is 12.4. The molecule has 1 amide bonds. The van der Waals surface area contributed by atoms with Crippen LogP contribution in [0.5, 0.6) is 0 Å². The van der Waals surface area contributed by atoms with Crippen molar-refractivity contribution in [3.8, 4) is 0 Å². The minimum absolute atomic E-state index is 0.0502. The second-order valence-electron chi connectivity index (χ2n) is 7.70. The van der Waals surface area contributed by atoms with Gasteiger partial charge in [-0.3, -0.25) is 0 Å². The molecule has 1 atom stereocenters. The Morgan fingerprint density at radius 1 is 1.41 bits per heavy atom. The summed E-state index contributed by atoms with van der Waals surface area (Å²) in [4.78, 5) is 13.8. The molecule has 1 heterocycles. The standard InChI is InChI=1S/C18H26ClFN2O4S/c1-18(2,3)26-17(23)22-10-6-7-13(11-22)21(4)27(24,25)12-14-15(19)8-5-9-16(14)20/h5,8-9,13H,6-7,10-12H2,1-4H3. The number of piperidine rings is 1. The second kappa shape index (κ2) is 8.32. The lowest BCUT2D eigenvalue weighted by Gasteiger charge is -2.37. The number of amides is 1. The number of benzene rings is 1. The smallest absolute Gasteiger partial charge is 0.410 e. The Morgan fingerprint density at radius 2 is 2.07 bits per heavy atom. The van der Waals surface area contributed by atoms with Crippen molar-refractivity contribution in [3.05, 3.63) is 34.6 Å². The number of rotatable bonds is 4. The molecular weight excluding hydrogens is 395 g/mol. The maximum absolute atomic E-state index is 14.0. The first-order valence-electron chi connectivity index (χ1n) is 8.77. The van der Waals surface area contributed by atoms with E-state index in [9.17, 15) is 17.6 Å². The van der Waals surface area contributed by atoms with Gasteiger partial charge in [0.25, 0.3) is 0 Å². The normalized spacial score (nSPS) is 18.6. The maximum atomic E-state index is 14.0. The van der Waals surface area contributed by atoms with E-state index in [4.69, 9.17) is 16.3 Å². The van der Waals surface area contributed by atoms with Crippen LogP contribution in [0.2, 0.25) is 5.02 Å². The molecule has 1 fully saturated rings. The third-order valence-electron chi connectivity index (χ3n) is 4.39. The number of hydrogen-bond donors (Lipinski definition) is 0. The lowest BCUT2D eigenvalue weighted by atomic mass is 10.1. The van der Waals surface area contributed by atoms with Crippen molar-refractivity contribution >= 4 is 27.7 Å². The molecule has 152 valence electrons. The summed E-state index contributed by atoms with van der Waals surface area (Å²) in [6.07, 6.45) is 0.805. The Morgan fingerprint density at radius 3 is 2.67 bits per heavy atom. The zero-order valence-corrected chi connectivity index (χ0v) is 17.6. The zero-order chi connectivity index (χ0) is 20.4. The Labute approximate surface area is 165 Å². The predicted octanol–water partition coefficient (Wildman–Crippen LogP) is 3.64. The van der Waals surface area contributed by atoms with Gasteiger partial charge in [0.15, 0.2) is 0 Å². The Kier molecular flexibility index (Phi) is 6.76. The van der Waals surface area contributed by atoms with E-state index in [2.05, 4.69) is 0 Å². The Hall–Kier alpha value is -1.38. The molecular formula is C18H26ClFN2O4S. The average Bonchev–Trinajstić information content (AvgIpc) is 2.56. The van der Waals surface area contributed by atoms with Gasteiger partial charge in [0.2, 0.25) is 10.0 Å². The zero-order valence-electron chi connectivity index (χ0n) is 16.0. The molecule has 27 heavy (non-hydrogen) atoms. The minimum Gasteiger partial charge on any atom is -0.444 e. The highest BCUT2D eigenvalue weighted by atomic mass is 35.5. The summed E-state index contributed by atoms with van der Waals surface area (Å²) in [5, 5.41) is 0.0750. The van der Waals surface area contributed by atoms with Crippen molar-refractivity contribution in [2.45, 2.75) is 51.0 Å². The SMILES string of the molecule is CN(C1CCCN(C(=O)OC(C)(C)C)C1)S(=O)(=O)Cc1c(F)cccc1Cl. The Bertz CT molecular complexity index is 775. The molecule has 1 aliphatic rings. The van der Waals surface area contributed by atoms with Crippen LogP contribution in [0.25, 0.3) is 0 Å². The minimum atomic E-state index is -3.81. The maximum Gasteiger partial charge on any atom is 0.410 e. The van der Waals surface area contributed by atoms with Crippen LogP contribution in [0.1, 0.15) is 39.2 Å². The lowest BCUT2D eigenvalue weighted by molar-refractivity contribution is 0.0163. The summed E-state index contributed by atoms with van der Waals surface area (Å²) in [7, 11) is -2.36. The number of sulfonamides is 1. The van der Waals surface area contributed by atoms with Gasteiger partial charge in [-0.05, 0) is 45.7 Å². The van der Waals surface area contributed by atoms with Crippen LogP contribution in [0, 0.1) is 5.82 Å². The molecule has 0 bridgehead atoms. The number of hydrogen-bond acceptors (Lipinski definition) is 4. The van der Waals surface area contributed by atoms with Gasteiger partial charge in [0.1, 0.15) is 11.4 Å². The number of ether oxygens (including phenoxy) is 1. The lowest BCUT2D eigenvalue weighted by Crippen LogP contribution is -2.51. The van der Waals surface area contributed by atoms with Crippen molar-refractivity contribution < 1.29 is 22.3 Å². The third kappa shape index (κ3) is 5.80. The second-order valence-corrected chi connectivity index (χ2v) is 10.1. The summed E-state index contributed by atoms with van der Waals surface area (Å²) in [6, 6.07) is 3.67. The molecule has 1 aromatic carbocycles. The van der Waals surface area contributed by atoms with E-state index in [0.29, 0.717) is 19.4 Å². The number of carbonyl (C=O) groups is 1. The summed E-state index contributed by atoms with van der Waals surface area (Å²) in [6.45, 7) is 6.08. The van der Waals surface area contributed by atoms with Crippen molar-refractivity contribution in [1.82, 2.24) is 9.21 Å². The van der Waals surface area contributed by atoms with Gasteiger partial charge in [-0.2, -0.15) is 4.31 Å². The van der Waals surface area contributed by atoms with Gasteiger partial charge < -0.3 is 9.64 Å². The van der Waals surface area contributed by atoms with Gasteiger partial charge in [-0.1, -0.05) is 17.7 Å². The van der Waals surface area contributed by atoms with Crippen LogP contribution in [-0.4, -0.2) is 55.5 Å². The topological polar surface area (TPSA) is 66.9 Å². The molecule has 0 saturated carbocycles. The first kappa shape index (κ1) is 21.9. The molecule has 1 saturated heterocycles. The predicted molar refractivity (Wildman–Crippen MR) is 103 cm³/mol. The van der Waals surface area contributed by atoms with Gasteiger partial charge in [-0.25, -0.2) is 17.6 Å². The molecule has 2 rings (SSSR count). The number of likely N-dealkylation sites (N-methyl/N-ethyl adjacent to an activating group) is 1. The van der Waals surface area contributed by atoms with E-state index in [1.165, 1.54) is 34.5 Å². The van der Waals surface area contributed by atoms with Crippen molar-refractivity contribution in [2.75, 3.05) is 20.1 Å². The summed E-state index contributed by atoms with van der Waals surface area (Å²) < 4.78 is 46.1. The largest absolute Gasteiger partial charge is 0.444 e. The summed E-state index contributed by atoms with van der Waals surface area (Å²) in [5.74, 6) is -1.18. The quantitative estimate of drug-likeness (QED) is 0.745. The monoisotopic (exact) mass is 420 g/mol. The van der Waals surface area contributed by atoms with E-state index >= 15 is 0 Å². The van der Waals surface area contributed by atoms with Crippen LogP contribution >= 0.6 is 11.6 Å². The molecule has 9 heteroatoms. The van der Waals surface area contributed by atoms with Crippen LogP contribution in [0.4, 0.5) is 9.18 Å². The van der Waals surface area contributed by atoms with Gasteiger partial charge in [0, 0.05) is 36.8 Å². The highest BCUT2D eigenvalue weighted by Gasteiger charge is 2.34. The molecule has 0 N–H and O–H groups in total. The summed E-state index contributed by atoms with van der Waals surface area (Å²) in [5.41, 5.74) is -0.672. The van der Waals surface area contributed by atoms with Crippen molar-refractivity contribution in [2.24, 2.45) is 0 Å². The Balaban J connectivity index is 2.11. The van der Waals surface area contributed by atoms with E-state index in [1.54, 1.807) is 20.8 Å². The molecule has 1 aliphatic heterocycles. The number of likely N-dealkylation sites (tertiary alicyclic amines) is 1. The fourth-order valence-electron chi connectivity index (χ4n) is 2.93. The third-order valence-corrected chi connectivity index (χ3v) is 6.57. The van der Waals surface area contributed by atoms with Crippen LogP contribution in [0.15, 0.2) is 18.2 Å². The molecule has 1 unspecified atom stereocenters. The molecule has 0 aromatic heterocycles.